The monoisotopic (exact) mass is 211 g/mol. The predicted molar refractivity (Wildman–Crippen MR) is 50.1 cm³/mol. The van der Waals surface area contributed by atoms with Crippen LogP contribution in [-0.2, 0) is 4.79 Å². The number of hydrogen-bond acceptors (Lipinski definition) is 4. The number of aromatic carboxylic acids is 1. The zero-order valence-electron chi connectivity index (χ0n) is 8.16. The second-order valence-corrected chi connectivity index (χ2v) is 2.88. The van der Waals surface area contributed by atoms with Crippen LogP contribution in [0.2, 0.25) is 0 Å². The number of carboxylic acid groups (broad SMARTS) is 1. The first kappa shape index (κ1) is 11.0. The number of ether oxygens (including phenoxy) is 1. The molecule has 0 fully saturated rings. The van der Waals surface area contributed by atoms with Gasteiger partial charge in [-0.2, -0.15) is 0 Å². The van der Waals surface area contributed by atoms with Gasteiger partial charge in [-0.05, 0) is 6.92 Å². The molecule has 1 heterocycles. The molecule has 2 N–H and O–H groups in total. The highest BCUT2D eigenvalue weighted by atomic mass is 16.5. The normalized spacial score (nSPS) is 9.73. The van der Waals surface area contributed by atoms with Crippen molar-refractivity contribution in [3.63, 3.8) is 0 Å². The number of carbonyl (C=O) groups excluding carboxylic acids is 1. The molecule has 6 heteroatoms. The number of carboxylic acids is 1. The molecule has 1 aromatic heterocycles. The molecule has 0 saturated carbocycles. The van der Waals surface area contributed by atoms with Gasteiger partial charge in [0.05, 0.1) is 5.69 Å². The summed E-state index contributed by atoms with van der Waals surface area (Å²) in [6.45, 7) is 2.64. The molecule has 0 atom stereocenters. The van der Waals surface area contributed by atoms with Crippen molar-refractivity contribution in [1.82, 2.24) is 4.98 Å². The topological polar surface area (TPSA) is 96.5 Å². The SMILES string of the molecule is CC(=O)Oc1c(C)[nH]cc(C(=O)O)c1=O. The van der Waals surface area contributed by atoms with Gasteiger partial charge in [0.2, 0.25) is 5.43 Å². The summed E-state index contributed by atoms with van der Waals surface area (Å²) in [4.78, 5) is 35.3. The molecule has 0 aliphatic heterocycles. The van der Waals surface area contributed by atoms with Crippen molar-refractivity contribution in [2.75, 3.05) is 0 Å². The molecule has 1 aromatic rings. The summed E-state index contributed by atoms with van der Waals surface area (Å²) in [7, 11) is 0. The number of rotatable bonds is 2. The fourth-order valence-corrected chi connectivity index (χ4v) is 1.03. The van der Waals surface area contributed by atoms with E-state index in [1.807, 2.05) is 0 Å². The molecule has 0 bridgehead atoms. The summed E-state index contributed by atoms with van der Waals surface area (Å²) in [5.74, 6) is -2.32. The lowest BCUT2D eigenvalue weighted by molar-refractivity contribution is -0.132. The van der Waals surface area contributed by atoms with Gasteiger partial charge < -0.3 is 14.8 Å². The molecular weight excluding hydrogens is 202 g/mol. The zero-order valence-corrected chi connectivity index (χ0v) is 8.16. The van der Waals surface area contributed by atoms with E-state index in [1.54, 1.807) is 0 Å². The fraction of sp³-hybridized carbons (Fsp3) is 0.222. The number of aromatic amines is 1. The number of nitrogens with one attached hydrogen (secondary N) is 1. The van der Waals surface area contributed by atoms with E-state index in [9.17, 15) is 14.4 Å². The van der Waals surface area contributed by atoms with E-state index >= 15 is 0 Å². The van der Waals surface area contributed by atoms with E-state index in [0.717, 1.165) is 13.1 Å². The number of H-pyrrole nitrogens is 1. The van der Waals surface area contributed by atoms with Crippen molar-refractivity contribution in [2.45, 2.75) is 13.8 Å². The van der Waals surface area contributed by atoms with Crippen LogP contribution in [0, 0.1) is 6.92 Å². The van der Waals surface area contributed by atoms with Crippen molar-refractivity contribution in [3.05, 3.63) is 27.7 Å². The van der Waals surface area contributed by atoms with Gasteiger partial charge in [0.1, 0.15) is 5.56 Å². The number of carbonyl (C=O) groups is 2. The summed E-state index contributed by atoms with van der Waals surface area (Å²) in [5, 5.41) is 8.65. The van der Waals surface area contributed by atoms with E-state index in [0.29, 0.717) is 5.69 Å². The Kier molecular flexibility index (Phi) is 2.89. The minimum absolute atomic E-state index is 0.276. The van der Waals surface area contributed by atoms with E-state index in [-0.39, 0.29) is 5.75 Å². The summed E-state index contributed by atoms with van der Waals surface area (Å²) in [6.07, 6.45) is 1.06. The smallest absolute Gasteiger partial charge is 0.341 e. The summed E-state index contributed by atoms with van der Waals surface area (Å²) < 4.78 is 4.62. The lowest BCUT2D eigenvalue weighted by atomic mass is 10.2. The van der Waals surface area contributed by atoms with Crippen molar-refractivity contribution in [2.24, 2.45) is 0 Å². The first-order chi connectivity index (χ1) is 6.93. The van der Waals surface area contributed by atoms with Crippen LogP contribution in [-0.4, -0.2) is 22.0 Å². The molecule has 0 aliphatic carbocycles. The molecule has 0 unspecified atom stereocenters. The lowest BCUT2D eigenvalue weighted by Gasteiger charge is -2.04. The molecule has 6 nitrogen and oxygen atoms in total. The summed E-state index contributed by atoms with van der Waals surface area (Å²) in [6, 6.07) is 0. The molecule has 0 aromatic carbocycles. The van der Waals surface area contributed by atoms with Crippen LogP contribution < -0.4 is 10.2 Å². The minimum Gasteiger partial charge on any atom is -0.477 e. The molecule has 0 spiro atoms. The number of pyridine rings is 1. The van der Waals surface area contributed by atoms with E-state index < -0.39 is 22.9 Å². The maximum Gasteiger partial charge on any atom is 0.341 e. The third-order valence-corrected chi connectivity index (χ3v) is 1.70. The molecule has 0 saturated heterocycles. The van der Waals surface area contributed by atoms with E-state index in [1.165, 1.54) is 6.92 Å². The second-order valence-electron chi connectivity index (χ2n) is 2.88. The highest BCUT2D eigenvalue weighted by Gasteiger charge is 2.16. The first-order valence-electron chi connectivity index (χ1n) is 4.07. The van der Waals surface area contributed by atoms with Crippen LogP contribution >= 0.6 is 0 Å². The fourth-order valence-electron chi connectivity index (χ4n) is 1.03. The van der Waals surface area contributed by atoms with Gasteiger partial charge in [0.25, 0.3) is 0 Å². The van der Waals surface area contributed by atoms with Crippen molar-refractivity contribution in [1.29, 1.82) is 0 Å². The second kappa shape index (κ2) is 3.95. The number of hydrogen-bond donors (Lipinski definition) is 2. The van der Waals surface area contributed by atoms with Crippen LogP contribution in [0.25, 0.3) is 0 Å². The molecular formula is C9H9NO5. The van der Waals surface area contributed by atoms with Gasteiger partial charge in [-0.3, -0.25) is 9.59 Å². The van der Waals surface area contributed by atoms with Crippen LogP contribution in [0.5, 0.6) is 5.75 Å². The molecule has 0 amide bonds. The Bertz CT molecular complexity index is 474. The van der Waals surface area contributed by atoms with Gasteiger partial charge in [-0.15, -0.1) is 0 Å². The molecule has 1 rings (SSSR count). The van der Waals surface area contributed by atoms with Crippen LogP contribution in [0.3, 0.4) is 0 Å². The molecule has 80 valence electrons. The summed E-state index contributed by atoms with van der Waals surface area (Å²) >= 11 is 0. The number of esters is 1. The summed E-state index contributed by atoms with van der Waals surface area (Å²) in [5.41, 5.74) is -0.967. The van der Waals surface area contributed by atoms with Crippen LogP contribution in [0.15, 0.2) is 11.0 Å². The Morgan fingerprint density at radius 1 is 1.47 bits per heavy atom. The quantitative estimate of drug-likeness (QED) is 0.686. The van der Waals surface area contributed by atoms with Gasteiger partial charge >= 0.3 is 11.9 Å². The van der Waals surface area contributed by atoms with E-state index in [4.69, 9.17) is 5.11 Å². The minimum atomic E-state index is -1.37. The molecule has 0 radical (unpaired) electrons. The van der Waals surface area contributed by atoms with Gasteiger partial charge in [0.15, 0.2) is 5.75 Å². The average molecular weight is 211 g/mol. The van der Waals surface area contributed by atoms with Gasteiger partial charge in [-0.1, -0.05) is 0 Å². The third-order valence-electron chi connectivity index (χ3n) is 1.70. The van der Waals surface area contributed by atoms with Crippen LogP contribution in [0.4, 0.5) is 0 Å². The zero-order chi connectivity index (χ0) is 11.6. The van der Waals surface area contributed by atoms with Crippen molar-refractivity contribution < 1.29 is 19.4 Å². The Labute approximate surface area is 84.5 Å². The highest BCUT2D eigenvalue weighted by molar-refractivity contribution is 5.87. The van der Waals surface area contributed by atoms with Crippen LogP contribution in [0.1, 0.15) is 23.0 Å². The Morgan fingerprint density at radius 3 is 2.53 bits per heavy atom. The van der Waals surface area contributed by atoms with Crippen molar-refractivity contribution >= 4 is 11.9 Å². The van der Waals surface area contributed by atoms with Gasteiger partial charge in [-0.25, -0.2) is 4.79 Å². The Morgan fingerprint density at radius 2 is 2.07 bits per heavy atom. The van der Waals surface area contributed by atoms with E-state index in [2.05, 4.69) is 9.72 Å². The standard InChI is InChI=1S/C9H9NO5/c1-4-8(15-5(2)11)7(12)6(3-10-4)9(13)14/h3H,1-2H3,(H,10,12)(H,13,14). The molecule has 15 heavy (non-hydrogen) atoms. The predicted octanol–water partition coefficient (Wildman–Crippen LogP) is 0.307. The van der Waals surface area contributed by atoms with Crippen molar-refractivity contribution in [3.8, 4) is 5.75 Å². The lowest BCUT2D eigenvalue weighted by Crippen LogP contribution is -2.20. The third kappa shape index (κ3) is 2.22. The maximum absolute atomic E-state index is 11.5. The Balaban J connectivity index is 3.37. The number of aromatic nitrogens is 1. The first-order valence-corrected chi connectivity index (χ1v) is 4.07. The maximum atomic E-state index is 11.5. The highest BCUT2D eigenvalue weighted by Crippen LogP contribution is 2.10. The van der Waals surface area contributed by atoms with Gasteiger partial charge in [0, 0.05) is 13.1 Å². The largest absolute Gasteiger partial charge is 0.477 e. The Hall–Kier alpha value is -2.11. The average Bonchev–Trinajstić information content (AvgIpc) is 2.11. The molecule has 0 aliphatic rings. The number of aryl methyl sites for hydroxylation is 1.